The van der Waals surface area contributed by atoms with Crippen LogP contribution >= 0.6 is 35.0 Å². The van der Waals surface area contributed by atoms with Gasteiger partial charge in [-0.15, -0.1) is 0 Å². The minimum Gasteiger partial charge on any atom is -0.284 e. The Hall–Kier alpha value is 0.600. The van der Waals surface area contributed by atoms with Gasteiger partial charge in [-0.3, -0.25) is 4.79 Å². The number of rotatable bonds is 4. The third-order valence-electron chi connectivity index (χ3n) is 0.920. The average Bonchev–Trinajstić information content (AvgIpc) is 1.88. The van der Waals surface area contributed by atoms with E-state index in [-0.39, 0.29) is 5.12 Å². The van der Waals surface area contributed by atoms with Crippen LogP contribution in [0.4, 0.5) is 0 Å². The number of carbonyl (C=O) groups excluding carboxylic acids is 1. The molecular formula is C6H10Cl2OS. The molecule has 4 heteroatoms. The van der Waals surface area contributed by atoms with Gasteiger partial charge in [0.25, 0.3) is 0 Å². The molecule has 0 aromatic heterocycles. The number of hydrogen-bond donors (Lipinski definition) is 0. The normalized spacial score (nSPS) is 10.4. The zero-order valence-corrected chi connectivity index (χ0v) is 8.10. The Bertz CT molecular complexity index is 106. The Labute approximate surface area is 75.5 Å². The van der Waals surface area contributed by atoms with E-state index in [0.29, 0.717) is 0 Å². The summed E-state index contributed by atoms with van der Waals surface area (Å²) >= 11 is 11.8. The summed E-state index contributed by atoms with van der Waals surface area (Å²) in [6.07, 6.45) is 2.13. The van der Waals surface area contributed by atoms with Crippen molar-refractivity contribution in [3.63, 3.8) is 0 Å². The third-order valence-corrected chi connectivity index (χ3v) is 2.59. The van der Waals surface area contributed by atoms with Gasteiger partial charge in [-0.05, 0) is 6.42 Å². The fourth-order valence-corrected chi connectivity index (χ4v) is 1.52. The van der Waals surface area contributed by atoms with Crippen molar-refractivity contribution in [2.24, 2.45) is 0 Å². The van der Waals surface area contributed by atoms with E-state index in [2.05, 4.69) is 6.92 Å². The van der Waals surface area contributed by atoms with Crippen LogP contribution in [0.15, 0.2) is 0 Å². The summed E-state index contributed by atoms with van der Waals surface area (Å²) < 4.78 is 0. The first-order chi connectivity index (χ1) is 4.68. The highest BCUT2D eigenvalue weighted by atomic mass is 35.5. The molecule has 0 radical (unpaired) electrons. The van der Waals surface area contributed by atoms with Crippen LogP contribution in [0.1, 0.15) is 19.8 Å². The van der Waals surface area contributed by atoms with Crippen molar-refractivity contribution >= 4 is 40.1 Å². The summed E-state index contributed by atoms with van der Waals surface area (Å²) in [5.74, 6) is 0.825. The average molecular weight is 201 g/mol. The Balaban J connectivity index is 3.22. The van der Waals surface area contributed by atoms with Crippen molar-refractivity contribution in [1.82, 2.24) is 0 Å². The largest absolute Gasteiger partial charge is 0.284 e. The Morgan fingerprint density at radius 1 is 1.60 bits per heavy atom. The summed E-state index contributed by atoms with van der Waals surface area (Å²) in [4.78, 5) is 9.86. The van der Waals surface area contributed by atoms with Crippen LogP contribution in [0.2, 0.25) is 0 Å². The lowest BCUT2D eigenvalue weighted by Gasteiger charge is -1.97. The lowest BCUT2D eigenvalue weighted by atomic mass is 10.4. The monoisotopic (exact) mass is 200 g/mol. The number of thioether (sulfide) groups is 1. The summed E-state index contributed by atoms with van der Waals surface area (Å²) in [5.41, 5.74) is 0. The Kier molecular flexibility index (Phi) is 6.70. The molecule has 0 atom stereocenters. The molecule has 0 saturated carbocycles. The smallest absolute Gasteiger partial charge is 0.221 e. The molecule has 0 fully saturated rings. The van der Waals surface area contributed by atoms with E-state index in [1.165, 1.54) is 11.8 Å². The molecule has 0 amide bonds. The van der Waals surface area contributed by atoms with Crippen LogP contribution < -0.4 is 0 Å². The molecule has 0 unspecified atom stereocenters. The highest BCUT2D eigenvalue weighted by molar-refractivity contribution is 8.14. The fourth-order valence-electron chi connectivity index (χ4n) is 0.380. The number of halogens is 2. The van der Waals surface area contributed by atoms with E-state index in [4.69, 9.17) is 23.2 Å². The summed E-state index contributed by atoms with van der Waals surface area (Å²) in [6.45, 7) is 2.07. The fraction of sp³-hybridized carbons (Fsp3) is 0.833. The second kappa shape index (κ2) is 6.32. The molecule has 0 heterocycles. The molecule has 0 aliphatic rings. The van der Waals surface area contributed by atoms with Crippen LogP contribution in [-0.2, 0) is 4.79 Å². The van der Waals surface area contributed by atoms with Gasteiger partial charge in [-0.25, -0.2) is 0 Å². The zero-order chi connectivity index (χ0) is 7.98. The quantitative estimate of drug-likeness (QED) is 0.513. The van der Waals surface area contributed by atoms with Crippen LogP contribution in [0.25, 0.3) is 0 Å². The predicted molar refractivity (Wildman–Crippen MR) is 47.9 cm³/mol. The van der Waals surface area contributed by atoms with E-state index < -0.39 is 4.84 Å². The highest BCUT2D eigenvalue weighted by Crippen LogP contribution is 2.14. The Morgan fingerprint density at radius 2 is 2.20 bits per heavy atom. The van der Waals surface area contributed by atoms with Gasteiger partial charge in [0.05, 0.1) is 0 Å². The lowest BCUT2D eigenvalue weighted by Crippen LogP contribution is -2.02. The van der Waals surface area contributed by atoms with Gasteiger partial charge in [0.2, 0.25) is 5.12 Å². The Morgan fingerprint density at radius 3 is 2.60 bits per heavy atom. The standard InChI is InChI=1S/C6H10Cl2OS/c1-2-3-4-10-6(9)5(7)8/h5H,2-4H2,1H3. The first-order valence-corrected chi connectivity index (χ1v) is 4.99. The molecule has 0 aliphatic carbocycles. The maximum atomic E-state index is 10.7. The van der Waals surface area contributed by atoms with Crippen molar-refractivity contribution in [2.45, 2.75) is 24.6 Å². The minimum absolute atomic E-state index is 0.142. The second-order valence-corrected chi connectivity index (χ2v) is 4.02. The van der Waals surface area contributed by atoms with Gasteiger partial charge >= 0.3 is 0 Å². The lowest BCUT2D eigenvalue weighted by molar-refractivity contribution is -0.109. The summed E-state index contributed by atoms with van der Waals surface area (Å²) in [6, 6.07) is 0. The van der Waals surface area contributed by atoms with E-state index in [9.17, 15) is 4.79 Å². The molecule has 0 rings (SSSR count). The molecule has 1 nitrogen and oxygen atoms in total. The SMILES string of the molecule is CCCCSC(=O)C(Cl)Cl. The van der Waals surface area contributed by atoms with Gasteiger partial charge in [-0.2, -0.15) is 0 Å². The van der Waals surface area contributed by atoms with Crippen molar-refractivity contribution < 1.29 is 4.79 Å². The van der Waals surface area contributed by atoms with Crippen molar-refractivity contribution in [3.8, 4) is 0 Å². The van der Waals surface area contributed by atoms with Crippen LogP contribution in [0.5, 0.6) is 0 Å². The molecule has 0 N–H and O–H groups in total. The van der Waals surface area contributed by atoms with Crippen LogP contribution in [0.3, 0.4) is 0 Å². The second-order valence-electron chi connectivity index (χ2n) is 1.82. The van der Waals surface area contributed by atoms with Crippen molar-refractivity contribution in [2.75, 3.05) is 5.75 Å². The highest BCUT2D eigenvalue weighted by Gasteiger charge is 2.10. The first-order valence-electron chi connectivity index (χ1n) is 3.13. The van der Waals surface area contributed by atoms with E-state index in [1.54, 1.807) is 0 Å². The predicted octanol–water partition coefficient (Wildman–Crippen LogP) is 2.85. The van der Waals surface area contributed by atoms with E-state index >= 15 is 0 Å². The summed E-state index contributed by atoms with van der Waals surface area (Å²) in [5, 5.41) is -0.142. The van der Waals surface area contributed by atoms with Gasteiger partial charge in [0.15, 0.2) is 4.84 Å². The van der Waals surface area contributed by atoms with E-state index in [1.807, 2.05) is 0 Å². The maximum Gasteiger partial charge on any atom is 0.221 e. The van der Waals surface area contributed by atoms with Gasteiger partial charge in [0.1, 0.15) is 0 Å². The van der Waals surface area contributed by atoms with Crippen molar-refractivity contribution in [3.05, 3.63) is 0 Å². The van der Waals surface area contributed by atoms with Gasteiger partial charge in [0, 0.05) is 5.75 Å². The van der Waals surface area contributed by atoms with Crippen LogP contribution in [-0.4, -0.2) is 15.7 Å². The maximum absolute atomic E-state index is 10.7. The van der Waals surface area contributed by atoms with Gasteiger partial charge < -0.3 is 0 Å². The zero-order valence-electron chi connectivity index (χ0n) is 5.77. The molecule has 0 aliphatic heterocycles. The first kappa shape index (κ1) is 10.6. The molecule has 0 aromatic carbocycles. The number of unbranched alkanes of at least 4 members (excludes halogenated alkanes) is 1. The molecule has 10 heavy (non-hydrogen) atoms. The van der Waals surface area contributed by atoms with E-state index in [0.717, 1.165) is 18.6 Å². The summed E-state index contributed by atoms with van der Waals surface area (Å²) in [7, 11) is 0. The number of alkyl halides is 2. The van der Waals surface area contributed by atoms with Crippen LogP contribution in [0, 0.1) is 0 Å². The number of carbonyl (C=O) groups is 1. The number of hydrogen-bond acceptors (Lipinski definition) is 2. The molecule has 0 saturated heterocycles. The molecule has 60 valence electrons. The van der Waals surface area contributed by atoms with Crippen molar-refractivity contribution in [1.29, 1.82) is 0 Å². The topological polar surface area (TPSA) is 17.1 Å². The molecule has 0 bridgehead atoms. The molecule has 0 spiro atoms. The third kappa shape index (κ3) is 5.39. The van der Waals surface area contributed by atoms with Gasteiger partial charge in [-0.1, -0.05) is 48.3 Å². The molecule has 0 aromatic rings. The minimum atomic E-state index is -0.859. The molecular weight excluding hydrogens is 191 g/mol.